The second-order valence-corrected chi connectivity index (χ2v) is 5.50. The number of nitrogens with zero attached hydrogens (tertiary/aromatic N) is 1. The van der Waals surface area contributed by atoms with Gasteiger partial charge in [-0.15, -0.1) is 11.3 Å². The molecule has 17 heavy (non-hydrogen) atoms. The first-order valence-corrected chi connectivity index (χ1v) is 6.86. The number of nitrogens with two attached hydrogens (primary N) is 2. The summed E-state index contributed by atoms with van der Waals surface area (Å²) in [5.74, 6) is 0.132. The van der Waals surface area contributed by atoms with E-state index in [1.54, 1.807) is 0 Å². The van der Waals surface area contributed by atoms with E-state index in [-0.39, 0.29) is 5.78 Å². The van der Waals surface area contributed by atoms with Crippen LogP contribution < -0.4 is 16.4 Å². The molecule has 0 aliphatic carbocycles. The quantitative estimate of drug-likeness (QED) is 0.806. The molecule has 1 aliphatic heterocycles. The molecule has 0 spiro atoms. The Morgan fingerprint density at radius 1 is 1.53 bits per heavy atom. The molecule has 1 aromatic heterocycles. The first-order valence-electron chi connectivity index (χ1n) is 6.04. The third kappa shape index (κ3) is 2.61. The van der Waals surface area contributed by atoms with Crippen molar-refractivity contribution in [3.63, 3.8) is 0 Å². The number of ketones is 1. The maximum Gasteiger partial charge on any atom is 0.174 e. The minimum absolute atomic E-state index is 0.132. The number of Topliss-reactive ketones (excluding diaryl/α,β-unsaturated/α-hetero) is 1. The topological polar surface area (TPSA) is 72.3 Å². The lowest BCUT2D eigenvalue weighted by atomic mass is 10.1. The van der Waals surface area contributed by atoms with Crippen molar-refractivity contribution in [1.29, 1.82) is 0 Å². The van der Waals surface area contributed by atoms with Crippen molar-refractivity contribution in [2.75, 3.05) is 23.7 Å². The van der Waals surface area contributed by atoms with Crippen molar-refractivity contribution in [2.24, 2.45) is 5.73 Å². The van der Waals surface area contributed by atoms with E-state index in [2.05, 4.69) is 4.90 Å². The summed E-state index contributed by atoms with van der Waals surface area (Å²) in [6.07, 6.45) is 2.53. The lowest BCUT2D eigenvalue weighted by Gasteiger charge is -2.30. The van der Waals surface area contributed by atoms with Crippen molar-refractivity contribution in [2.45, 2.75) is 32.2 Å². The lowest BCUT2D eigenvalue weighted by Crippen LogP contribution is -2.39. The van der Waals surface area contributed by atoms with E-state index < -0.39 is 0 Å². The molecule has 94 valence electrons. The molecular weight excluding hydrogens is 234 g/mol. The number of rotatable bonds is 3. The lowest BCUT2D eigenvalue weighted by molar-refractivity contribution is 0.0993. The summed E-state index contributed by atoms with van der Waals surface area (Å²) in [6, 6.07) is 2.24. The number of anilines is 2. The molecule has 1 saturated heterocycles. The third-order valence-corrected chi connectivity index (χ3v) is 4.43. The van der Waals surface area contributed by atoms with Gasteiger partial charge in [0.05, 0.1) is 15.6 Å². The highest BCUT2D eigenvalue weighted by molar-refractivity contribution is 7.18. The van der Waals surface area contributed by atoms with E-state index in [1.807, 2.05) is 13.0 Å². The fourth-order valence-corrected chi connectivity index (χ4v) is 3.19. The van der Waals surface area contributed by atoms with Crippen LogP contribution in [0.3, 0.4) is 0 Å². The van der Waals surface area contributed by atoms with Crippen molar-refractivity contribution in [1.82, 2.24) is 0 Å². The second kappa shape index (κ2) is 5.06. The Morgan fingerprint density at radius 2 is 2.18 bits per heavy atom. The molecule has 5 heteroatoms. The molecule has 0 atom stereocenters. The molecule has 0 amide bonds. The molecule has 0 bridgehead atoms. The number of thiophene rings is 1. The van der Waals surface area contributed by atoms with E-state index in [0.29, 0.717) is 23.0 Å². The molecule has 1 aliphatic rings. The van der Waals surface area contributed by atoms with Gasteiger partial charge in [0.2, 0.25) is 0 Å². The number of hydrogen-bond acceptors (Lipinski definition) is 5. The van der Waals surface area contributed by atoms with Gasteiger partial charge >= 0.3 is 0 Å². The molecule has 0 unspecified atom stereocenters. The maximum atomic E-state index is 11.7. The second-order valence-electron chi connectivity index (χ2n) is 4.47. The molecular formula is C12H19N3OS. The standard InChI is InChI=1S/C12H19N3OS/c1-2-10(16)12-9(14)7-11(17-12)15-5-3-8(13)4-6-15/h7-8H,2-6,13-14H2,1H3. The van der Waals surface area contributed by atoms with Gasteiger partial charge in [-0.25, -0.2) is 0 Å². The SMILES string of the molecule is CCC(=O)c1sc(N2CCC(N)CC2)cc1N. The molecule has 0 radical (unpaired) electrons. The van der Waals surface area contributed by atoms with Crippen LogP contribution in [-0.4, -0.2) is 24.9 Å². The van der Waals surface area contributed by atoms with E-state index in [9.17, 15) is 4.79 Å². The highest BCUT2D eigenvalue weighted by Crippen LogP contribution is 2.34. The van der Waals surface area contributed by atoms with Crippen LogP contribution in [0.2, 0.25) is 0 Å². The van der Waals surface area contributed by atoms with Crippen LogP contribution in [0.15, 0.2) is 6.07 Å². The molecule has 0 aromatic carbocycles. The average Bonchev–Trinajstić information content (AvgIpc) is 2.71. The Kier molecular flexibility index (Phi) is 3.69. The summed E-state index contributed by atoms with van der Waals surface area (Å²) < 4.78 is 0. The number of carbonyl (C=O) groups excluding carboxylic acids is 1. The van der Waals surface area contributed by atoms with Crippen LogP contribution in [0.4, 0.5) is 10.7 Å². The highest BCUT2D eigenvalue weighted by Gasteiger charge is 2.20. The minimum Gasteiger partial charge on any atom is -0.397 e. The summed E-state index contributed by atoms with van der Waals surface area (Å²) in [4.78, 5) is 14.7. The van der Waals surface area contributed by atoms with Crippen LogP contribution in [0.25, 0.3) is 0 Å². The van der Waals surface area contributed by atoms with E-state index >= 15 is 0 Å². The monoisotopic (exact) mass is 253 g/mol. The number of hydrogen-bond donors (Lipinski definition) is 2. The predicted octanol–water partition coefficient (Wildman–Crippen LogP) is 1.85. The largest absolute Gasteiger partial charge is 0.397 e. The summed E-state index contributed by atoms with van der Waals surface area (Å²) in [5, 5.41) is 1.10. The zero-order valence-corrected chi connectivity index (χ0v) is 10.9. The van der Waals surface area contributed by atoms with Crippen molar-refractivity contribution in [3.05, 3.63) is 10.9 Å². The molecule has 4 N–H and O–H groups in total. The molecule has 1 aromatic rings. The van der Waals surface area contributed by atoms with Gasteiger partial charge in [0.15, 0.2) is 5.78 Å². The van der Waals surface area contributed by atoms with Crippen molar-refractivity contribution < 1.29 is 4.79 Å². The maximum absolute atomic E-state index is 11.7. The van der Waals surface area contributed by atoms with Crippen molar-refractivity contribution >= 4 is 27.8 Å². The Hall–Kier alpha value is -1.07. The Balaban J connectivity index is 2.14. The summed E-state index contributed by atoms with van der Waals surface area (Å²) in [6.45, 7) is 3.78. The number of carbonyl (C=O) groups is 1. The van der Waals surface area contributed by atoms with Crippen LogP contribution in [0.1, 0.15) is 35.9 Å². The zero-order chi connectivity index (χ0) is 12.4. The normalized spacial score (nSPS) is 17.4. The van der Waals surface area contributed by atoms with Crippen LogP contribution >= 0.6 is 11.3 Å². The highest BCUT2D eigenvalue weighted by atomic mass is 32.1. The summed E-state index contributed by atoms with van der Waals surface area (Å²) >= 11 is 1.51. The van der Waals surface area contributed by atoms with Gasteiger partial charge in [-0.05, 0) is 18.9 Å². The van der Waals surface area contributed by atoms with E-state index in [4.69, 9.17) is 11.5 Å². The van der Waals surface area contributed by atoms with E-state index in [0.717, 1.165) is 30.9 Å². The average molecular weight is 253 g/mol. The molecule has 0 saturated carbocycles. The smallest absolute Gasteiger partial charge is 0.174 e. The summed E-state index contributed by atoms with van der Waals surface area (Å²) in [7, 11) is 0. The third-order valence-electron chi connectivity index (χ3n) is 3.17. The van der Waals surface area contributed by atoms with Gasteiger partial charge in [0.25, 0.3) is 0 Å². The first-order chi connectivity index (χ1) is 8.11. The van der Waals surface area contributed by atoms with Gasteiger partial charge in [0.1, 0.15) is 0 Å². The van der Waals surface area contributed by atoms with Gasteiger partial charge in [-0.1, -0.05) is 6.92 Å². The van der Waals surface area contributed by atoms with Gasteiger partial charge < -0.3 is 16.4 Å². The Bertz CT molecular complexity index is 408. The fraction of sp³-hybridized carbons (Fsp3) is 0.583. The van der Waals surface area contributed by atoms with Gasteiger partial charge in [-0.3, -0.25) is 4.79 Å². The number of piperidine rings is 1. The van der Waals surface area contributed by atoms with Crippen LogP contribution in [-0.2, 0) is 0 Å². The van der Waals surface area contributed by atoms with Crippen molar-refractivity contribution in [3.8, 4) is 0 Å². The molecule has 2 rings (SSSR count). The molecule has 2 heterocycles. The fourth-order valence-electron chi connectivity index (χ4n) is 2.05. The predicted molar refractivity (Wildman–Crippen MR) is 72.8 cm³/mol. The van der Waals surface area contributed by atoms with Crippen LogP contribution in [0, 0.1) is 0 Å². The molecule has 4 nitrogen and oxygen atoms in total. The van der Waals surface area contributed by atoms with Gasteiger partial charge in [-0.2, -0.15) is 0 Å². The Morgan fingerprint density at radius 3 is 2.76 bits per heavy atom. The first kappa shape index (κ1) is 12.4. The Labute approximate surface area is 106 Å². The van der Waals surface area contributed by atoms with E-state index in [1.165, 1.54) is 11.3 Å². The summed E-state index contributed by atoms with van der Waals surface area (Å²) in [5.41, 5.74) is 12.4. The molecule has 1 fully saturated rings. The minimum atomic E-state index is 0.132. The number of nitrogen functional groups attached to an aromatic ring is 1. The zero-order valence-electron chi connectivity index (χ0n) is 10.1. The van der Waals surface area contributed by atoms with Crippen LogP contribution in [0.5, 0.6) is 0 Å². The van der Waals surface area contributed by atoms with Gasteiger partial charge in [0, 0.05) is 25.6 Å².